The molecule has 2 atom stereocenters. The molecule has 0 amide bonds. The van der Waals surface area contributed by atoms with Crippen LogP contribution < -0.4 is 9.46 Å². The zero-order chi connectivity index (χ0) is 18.9. The van der Waals surface area contributed by atoms with Crippen LogP contribution in [0, 0.1) is 6.92 Å². The summed E-state index contributed by atoms with van der Waals surface area (Å²) < 4.78 is 39.0. The Balaban J connectivity index is 1.36. The minimum absolute atomic E-state index is 0.219. The first-order valence-corrected chi connectivity index (χ1v) is 11.7. The van der Waals surface area contributed by atoms with Gasteiger partial charge in [0.2, 0.25) is 10.0 Å². The summed E-state index contributed by atoms with van der Waals surface area (Å²) >= 11 is 1.66. The van der Waals surface area contributed by atoms with E-state index in [0.29, 0.717) is 13.2 Å². The molecule has 27 heavy (non-hydrogen) atoms. The van der Waals surface area contributed by atoms with Crippen molar-refractivity contribution >= 4 is 21.4 Å². The lowest BCUT2D eigenvalue weighted by atomic mass is 10.0. The fraction of sp³-hybridized carbons (Fsp3) is 0.526. The van der Waals surface area contributed by atoms with Crippen molar-refractivity contribution in [3.63, 3.8) is 0 Å². The smallest absolute Gasteiger partial charge is 0.214 e. The Hall–Kier alpha value is -1.48. The third-order valence-corrected chi connectivity index (χ3v) is 7.80. The highest BCUT2D eigenvalue weighted by Gasteiger charge is 2.39. The summed E-state index contributed by atoms with van der Waals surface area (Å²) in [5.41, 5.74) is 1.06. The molecule has 4 rings (SSSR count). The van der Waals surface area contributed by atoms with Crippen LogP contribution in [-0.4, -0.2) is 44.0 Å². The van der Waals surface area contributed by atoms with Crippen LogP contribution in [0.25, 0.3) is 10.6 Å². The van der Waals surface area contributed by atoms with Gasteiger partial charge in [-0.05, 0) is 56.9 Å². The third-order valence-electron chi connectivity index (χ3n) is 4.86. The zero-order valence-corrected chi connectivity index (χ0v) is 16.9. The van der Waals surface area contributed by atoms with Gasteiger partial charge in [-0.2, -0.15) is 0 Å². The molecule has 1 saturated heterocycles. The Morgan fingerprint density at radius 2 is 2.04 bits per heavy atom. The van der Waals surface area contributed by atoms with E-state index in [4.69, 9.17) is 9.47 Å². The van der Waals surface area contributed by atoms with Gasteiger partial charge in [0, 0.05) is 23.2 Å². The van der Waals surface area contributed by atoms with E-state index < -0.39 is 10.0 Å². The molecule has 0 bridgehead atoms. The van der Waals surface area contributed by atoms with E-state index in [1.165, 1.54) is 4.88 Å². The predicted molar refractivity (Wildman–Crippen MR) is 106 cm³/mol. The predicted octanol–water partition coefficient (Wildman–Crippen LogP) is 3.13. The Morgan fingerprint density at radius 1 is 1.26 bits per heavy atom. The first-order chi connectivity index (χ1) is 13.0. The van der Waals surface area contributed by atoms with Crippen molar-refractivity contribution in [3.05, 3.63) is 35.3 Å². The van der Waals surface area contributed by atoms with Crippen LogP contribution in [0.4, 0.5) is 0 Å². The number of benzene rings is 1. The van der Waals surface area contributed by atoms with Crippen molar-refractivity contribution in [1.82, 2.24) is 9.71 Å². The van der Waals surface area contributed by atoms with Crippen molar-refractivity contribution in [1.29, 1.82) is 0 Å². The summed E-state index contributed by atoms with van der Waals surface area (Å²) in [4.78, 5) is 5.57. The number of sulfonamides is 1. The lowest BCUT2D eigenvalue weighted by Gasteiger charge is -2.32. The SMILES string of the molecule is Cc1cnc(-c2ccc(OC[C@H]3OCCC[C@@H]3NS(=O)(=O)C3CC3)cc2)s1. The molecule has 1 N–H and O–H groups in total. The number of thiazole rings is 1. The molecule has 146 valence electrons. The topological polar surface area (TPSA) is 77.5 Å². The first-order valence-electron chi connectivity index (χ1n) is 9.30. The Kier molecular flexibility index (Phi) is 5.50. The standard InChI is InChI=1S/C19H24N2O4S2/c1-13-11-20-19(26-13)14-4-6-15(7-5-14)25-12-18-17(3-2-10-24-18)21-27(22,23)16-8-9-16/h4-7,11,16-18,21H,2-3,8-10,12H2,1H3/t17-,18+/m0/s1. The first kappa shape index (κ1) is 18.9. The fourth-order valence-corrected chi connectivity index (χ4v) is 5.60. The van der Waals surface area contributed by atoms with Gasteiger partial charge in [-0.15, -0.1) is 11.3 Å². The average molecular weight is 409 g/mol. The second-order valence-corrected chi connectivity index (χ2v) is 10.4. The molecule has 0 radical (unpaired) electrons. The summed E-state index contributed by atoms with van der Waals surface area (Å²) in [7, 11) is -3.23. The van der Waals surface area contributed by atoms with Crippen LogP contribution in [0.1, 0.15) is 30.6 Å². The molecule has 8 heteroatoms. The maximum atomic E-state index is 12.2. The minimum atomic E-state index is -3.23. The molecule has 2 aliphatic rings. The van der Waals surface area contributed by atoms with Crippen LogP contribution >= 0.6 is 11.3 Å². The summed E-state index contributed by atoms with van der Waals surface area (Å²) in [5.74, 6) is 0.741. The van der Waals surface area contributed by atoms with Crippen LogP contribution in [0.3, 0.4) is 0 Å². The molecule has 1 aromatic carbocycles. The lowest BCUT2D eigenvalue weighted by molar-refractivity contribution is -0.0279. The number of nitrogens with one attached hydrogen (secondary N) is 1. The minimum Gasteiger partial charge on any atom is -0.491 e. The third kappa shape index (κ3) is 4.68. The second-order valence-electron chi connectivity index (χ2n) is 7.13. The van der Waals surface area contributed by atoms with Gasteiger partial charge in [0.1, 0.15) is 23.5 Å². The molecule has 2 fully saturated rings. The van der Waals surface area contributed by atoms with E-state index in [1.807, 2.05) is 37.4 Å². The van der Waals surface area contributed by atoms with Gasteiger partial charge in [0.05, 0.1) is 11.3 Å². The van der Waals surface area contributed by atoms with Crippen molar-refractivity contribution < 1.29 is 17.9 Å². The van der Waals surface area contributed by atoms with Crippen LogP contribution in [-0.2, 0) is 14.8 Å². The summed E-state index contributed by atoms with van der Waals surface area (Å²) in [6, 6.07) is 7.59. The van der Waals surface area contributed by atoms with Gasteiger partial charge in [-0.25, -0.2) is 18.1 Å². The van der Waals surface area contributed by atoms with Crippen LogP contribution in [0.5, 0.6) is 5.75 Å². The largest absolute Gasteiger partial charge is 0.491 e. The number of ether oxygens (including phenoxy) is 2. The van der Waals surface area contributed by atoms with Crippen molar-refractivity contribution in [2.24, 2.45) is 0 Å². The highest BCUT2D eigenvalue weighted by molar-refractivity contribution is 7.90. The van der Waals surface area contributed by atoms with E-state index in [2.05, 4.69) is 9.71 Å². The van der Waals surface area contributed by atoms with E-state index in [-0.39, 0.29) is 17.4 Å². The molecule has 0 spiro atoms. The van der Waals surface area contributed by atoms with Gasteiger partial charge in [-0.3, -0.25) is 0 Å². The number of hydrogen-bond donors (Lipinski definition) is 1. The summed E-state index contributed by atoms with van der Waals surface area (Å²) in [6.45, 7) is 3.00. The Labute approximate surface area is 164 Å². The van der Waals surface area contributed by atoms with Crippen LogP contribution in [0.2, 0.25) is 0 Å². The second kappa shape index (κ2) is 7.87. The van der Waals surface area contributed by atoms with Gasteiger partial charge in [0.15, 0.2) is 0 Å². The number of nitrogens with zero attached hydrogens (tertiary/aromatic N) is 1. The molecule has 2 heterocycles. The van der Waals surface area contributed by atoms with E-state index in [1.54, 1.807) is 11.3 Å². The molecule has 6 nitrogen and oxygen atoms in total. The number of aryl methyl sites for hydroxylation is 1. The Bertz CT molecular complexity index is 875. The number of rotatable bonds is 7. The van der Waals surface area contributed by atoms with E-state index in [9.17, 15) is 8.42 Å². The Morgan fingerprint density at radius 3 is 2.70 bits per heavy atom. The molecular formula is C19H24N2O4S2. The number of aromatic nitrogens is 1. The van der Waals surface area contributed by atoms with Crippen LogP contribution in [0.15, 0.2) is 30.5 Å². The normalized spacial score (nSPS) is 23.3. The molecule has 1 saturated carbocycles. The van der Waals surface area contributed by atoms with Crippen molar-refractivity contribution in [2.75, 3.05) is 13.2 Å². The van der Waals surface area contributed by atoms with Gasteiger partial charge in [0.25, 0.3) is 0 Å². The number of hydrogen-bond acceptors (Lipinski definition) is 6. The fourth-order valence-electron chi connectivity index (χ4n) is 3.18. The highest BCUT2D eigenvalue weighted by Crippen LogP contribution is 2.29. The van der Waals surface area contributed by atoms with Gasteiger partial charge in [-0.1, -0.05) is 0 Å². The zero-order valence-electron chi connectivity index (χ0n) is 15.3. The van der Waals surface area contributed by atoms with Gasteiger partial charge >= 0.3 is 0 Å². The quantitative estimate of drug-likeness (QED) is 0.762. The maximum Gasteiger partial charge on any atom is 0.214 e. The molecule has 0 unspecified atom stereocenters. The summed E-state index contributed by atoms with van der Waals surface area (Å²) in [5, 5.41) is 0.771. The molecule has 1 aliphatic heterocycles. The molecular weight excluding hydrogens is 384 g/mol. The molecule has 1 aliphatic carbocycles. The lowest BCUT2D eigenvalue weighted by Crippen LogP contribution is -2.50. The monoisotopic (exact) mass is 408 g/mol. The highest BCUT2D eigenvalue weighted by atomic mass is 32.2. The summed E-state index contributed by atoms with van der Waals surface area (Å²) in [6.07, 6.45) is 4.75. The molecule has 2 aromatic rings. The van der Waals surface area contributed by atoms with E-state index in [0.717, 1.165) is 42.0 Å². The van der Waals surface area contributed by atoms with Crippen molar-refractivity contribution in [3.8, 4) is 16.3 Å². The van der Waals surface area contributed by atoms with E-state index >= 15 is 0 Å². The van der Waals surface area contributed by atoms with Crippen molar-refractivity contribution in [2.45, 2.75) is 50.0 Å². The average Bonchev–Trinajstić information content (AvgIpc) is 3.44. The molecule has 1 aromatic heterocycles. The maximum absolute atomic E-state index is 12.2. The van der Waals surface area contributed by atoms with Gasteiger partial charge < -0.3 is 9.47 Å².